The van der Waals surface area contributed by atoms with Crippen LogP contribution in [-0.2, 0) is 11.3 Å². The molecule has 31 heavy (non-hydrogen) atoms. The van der Waals surface area contributed by atoms with Gasteiger partial charge in [0.15, 0.2) is 5.69 Å². The van der Waals surface area contributed by atoms with Gasteiger partial charge in [0.25, 0.3) is 5.91 Å². The fourth-order valence-corrected chi connectivity index (χ4v) is 5.29. The van der Waals surface area contributed by atoms with Crippen LogP contribution in [0, 0.1) is 5.92 Å². The van der Waals surface area contributed by atoms with Gasteiger partial charge in [0, 0.05) is 29.2 Å². The SMILES string of the molecule is NC(=O)c1nn(CCN2[C@@H]3CC[C@@H](C3)[C@H]2C(=O)Nc2cc(Cl)ccn2)c2ccccc12. The van der Waals surface area contributed by atoms with E-state index in [1.54, 1.807) is 18.3 Å². The Kier molecular flexibility index (Phi) is 5.11. The molecule has 2 aromatic heterocycles. The van der Waals surface area contributed by atoms with Crippen molar-refractivity contribution in [2.45, 2.75) is 37.9 Å². The van der Waals surface area contributed by atoms with Crippen LogP contribution in [0.15, 0.2) is 42.6 Å². The van der Waals surface area contributed by atoms with Gasteiger partial charge >= 0.3 is 0 Å². The van der Waals surface area contributed by atoms with Crippen LogP contribution < -0.4 is 11.1 Å². The molecule has 1 saturated carbocycles. The van der Waals surface area contributed by atoms with Gasteiger partial charge in [-0.2, -0.15) is 5.10 Å². The Morgan fingerprint density at radius 3 is 2.84 bits per heavy atom. The van der Waals surface area contributed by atoms with Crippen LogP contribution in [0.4, 0.5) is 5.82 Å². The molecule has 3 N–H and O–H groups in total. The highest BCUT2D eigenvalue weighted by molar-refractivity contribution is 6.30. The van der Waals surface area contributed by atoms with Crippen molar-refractivity contribution in [2.24, 2.45) is 11.7 Å². The lowest BCUT2D eigenvalue weighted by Crippen LogP contribution is -2.49. The molecule has 0 unspecified atom stereocenters. The number of nitrogens with two attached hydrogens (primary N) is 1. The molecule has 160 valence electrons. The quantitative estimate of drug-likeness (QED) is 0.615. The number of hydrogen-bond acceptors (Lipinski definition) is 5. The molecular weight excluding hydrogens is 416 g/mol. The number of likely N-dealkylation sites (tertiary alicyclic amines) is 1. The van der Waals surface area contributed by atoms with E-state index in [0.717, 1.165) is 30.2 Å². The van der Waals surface area contributed by atoms with Crippen molar-refractivity contribution in [3.63, 3.8) is 0 Å². The number of benzene rings is 1. The monoisotopic (exact) mass is 438 g/mol. The zero-order valence-electron chi connectivity index (χ0n) is 16.9. The molecule has 0 spiro atoms. The van der Waals surface area contributed by atoms with Gasteiger partial charge in [0.1, 0.15) is 5.82 Å². The first kappa shape index (κ1) is 20.0. The Morgan fingerprint density at radius 2 is 2.03 bits per heavy atom. The van der Waals surface area contributed by atoms with Gasteiger partial charge < -0.3 is 11.1 Å². The van der Waals surface area contributed by atoms with Crippen LogP contribution in [0.3, 0.4) is 0 Å². The summed E-state index contributed by atoms with van der Waals surface area (Å²) in [6.07, 6.45) is 4.75. The third kappa shape index (κ3) is 3.66. The largest absolute Gasteiger partial charge is 0.364 e. The summed E-state index contributed by atoms with van der Waals surface area (Å²) in [6, 6.07) is 11.1. The van der Waals surface area contributed by atoms with Crippen molar-refractivity contribution in [3.8, 4) is 0 Å². The number of primary amides is 1. The number of carbonyl (C=O) groups excluding carboxylic acids is 2. The summed E-state index contributed by atoms with van der Waals surface area (Å²) >= 11 is 6.02. The number of rotatable bonds is 6. The summed E-state index contributed by atoms with van der Waals surface area (Å²) in [5.41, 5.74) is 6.66. The molecular formula is C22H23ClN6O2. The van der Waals surface area contributed by atoms with E-state index in [-0.39, 0.29) is 17.6 Å². The highest BCUT2D eigenvalue weighted by Gasteiger charge is 2.48. The van der Waals surface area contributed by atoms with Crippen LogP contribution in [0.2, 0.25) is 5.02 Å². The number of amides is 2. The minimum Gasteiger partial charge on any atom is -0.364 e. The Bertz CT molecular complexity index is 1160. The number of hydrogen-bond donors (Lipinski definition) is 2. The van der Waals surface area contributed by atoms with Crippen molar-refractivity contribution < 1.29 is 9.59 Å². The van der Waals surface area contributed by atoms with E-state index in [2.05, 4.69) is 20.3 Å². The van der Waals surface area contributed by atoms with E-state index in [1.165, 1.54) is 0 Å². The first-order valence-electron chi connectivity index (χ1n) is 10.4. The van der Waals surface area contributed by atoms with Gasteiger partial charge in [-0.15, -0.1) is 0 Å². The number of halogens is 1. The zero-order valence-corrected chi connectivity index (χ0v) is 17.6. The second-order valence-corrected chi connectivity index (χ2v) is 8.65. The average Bonchev–Trinajstić information content (AvgIpc) is 3.45. The molecule has 1 aliphatic heterocycles. The molecule has 5 rings (SSSR count). The first-order valence-corrected chi connectivity index (χ1v) is 10.8. The molecule has 2 bridgehead atoms. The van der Waals surface area contributed by atoms with Crippen LogP contribution in [0.5, 0.6) is 0 Å². The molecule has 9 heteroatoms. The predicted molar refractivity (Wildman–Crippen MR) is 118 cm³/mol. The van der Waals surface area contributed by atoms with Gasteiger partial charge in [0.2, 0.25) is 5.91 Å². The van der Waals surface area contributed by atoms with Gasteiger partial charge in [-0.3, -0.25) is 19.2 Å². The number of nitrogens with one attached hydrogen (secondary N) is 1. The Hall–Kier alpha value is -2.97. The smallest absolute Gasteiger partial charge is 0.269 e. The number of fused-ring (bicyclic) bond motifs is 3. The lowest BCUT2D eigenvalue weighted by molar-refractivity contribution is -0.122. The second-order valence-electron chi connectivity index (χ2n) is 8.21. The van der Waals surface area contributed by atoms with Crippen molar-refractivity contribution in [1.29, 1.82) is 0 Å². The molecule has 1 aliphatic carbocycles. The Balaban J connectivity index is 1.35. The summed E-state index contributed by atoms with van der Waals surface area (Å²) in [6.45, 7) is 1.22. The molecule has 8 nitrogen and oxygen atoms in total. The number of piperidine rings is 1. The van der Waals surface area contributed by atoms with Crippen molar-refractivity contribution >= 4 is 40.1 Å². The van der Waals surface area contributed by atoms with E-state index in [4.69, 9.17) is 17.3 Å². The topological polar surface area (TPSA) is 106 Å². The number of carbonyl (C=O) groups is 2. The molecule has 3 heterocycles. The Labute approximate surface area is 184 Å². The predicted octanol–water partition coefficient (Wildman–Crippen LogP) is 2.68. The Morgan fingerprint density at radius 1 is 1.19 bits per heavy atom. The van der Waals surface area contributed by atoms with E-state index in [9.17, 15) is 9.59 Å². The maximum atomic E-state index is 13.1. The third-order valence-electron chi connectivity index (χ3n) is 6.42. The normalized spacial score (nSPS) is 22.8. The summed E-state index contributed by atoms with van der Waals surface area (Å²) in [4.78, 5) is 31.4. The fourth-order valence-electron chi connectivity index (χ4n) is 5.13. The molecule has 1 saturated heterocycles. The van der Waals surface area contributed by atoms with Gasteiger partial charge in [0.05, 0.1) is 18.1 Å². The molecule has 2 fully saturated rings. The van der Waals surface area contributed by atoms with Crippen molar-refractivity contribution in [3.05, 3.63) is 53.3 Å². The minimum absolute atomic E-state index is 0.0508. The van der Waals surface area contributed by atoms with Crippen LogP contribution in [0.25, 0.3) is 10.9 Å². The molecule has 0 radical (unpaired) electrons. The molecule has 1 aromatic carbocycles. The second kappa shape index (κ2) is 7.94. The highest BCUT2D eigenvalue weighted by atomic mass is 35.5. The third-order valence-corrected chi connectivity index (χ3v) is 6.66. The first-order chi connectivity index (χ1) is 15.0. The van der Waals surface area contributed by atoms with Crippen LogP contribution in [0.1, 0.15) is 29.8 Å². The van der Waals surface area contributed by atoms with E-state index < -0.39 is 5.91 Å². The maximum Gasteiger partial charge on any atom is 0.269 e. The number of aromatic nitrogens is 3. The van der Waals surface area contributed by atoms with Gasteiger partial charge in [-0.05, 0) is 43.4 Å². The standard InChI is InChI=1S/C22H23ClN6O2/c23-14-7-8-25-18(12-14)26-22(31)20-13-5-6-15(11-13)28(20)9-10-29-17-4-2-1-3-16(17)19(27-29)21(24)30/h1-4,7-8,12-13,15,20H,5-6,9-11H2,(H2,24,30)(H,25,26,31)/t13-,15+,20-/m0/s1. The van der Waals surface area contributed by atoms with Crippen LogP contribution >= 0.6 is 11.6 Å². The van der Waals surface area contributed by atoms with E-state index in [1.807, 2.05) is 28.9 Å². The summed E-state index contributed by atoms with van der Waals surface area (Å²) < 4.78 is 1.81. The number of anilines is 1. The zero-order chi connectivity index (χ0) is 21.5. The fraction of sp³-hybridized carbons (Fsp3) is 0.364. The molecule has 2 aliphatic rings. The highest BCUT2D eigenvalue weighted by Crippen LogP contribution is 2.42. The van der Waals surface area contributed by atoms with Crippen LogP contribution in [-0.4, -0.2) is 50.1 Å². The summed E-state index contributed by atoms with van der Waals surface area (Å²) in [7, 11) is 0. The van der Waals surface area contributed by atoms with Gasteiger partial charge in [-0.1, -0.05) is 29.8 Å². The molecule has 3 aromatic rings. The van der Waals surface area contributed by atoms with Gasteiger partial charge in [-0.25, -0.2) is 4.98 Å². The van der Waals surface area contributed by atoms with E-state index >= 15 is 0 Å². The molecule has 3 atom stereocenters. The minimum atomic E-state index is -0.540. The summed E-state index contributed by atoms with van der Waals surface area (Å²) in [5.74, 6) is 0.204. The average molecular weight is 439 g/mol. The molecule has 2 amide bonds. The summed E-state index contributed by atoms with van der Waals surface area (Å²) in [5, 5.41) is 8.66. The lowest BCUT2D eigenvalue weighted by atomic mass is 9.98. The van der Waals surface area contributed by atoms with E-state index in [0.29, 0.717) is 35.9 Å². The number of nitrogens with zero attached hydrogens (tertiary/aromatic N) is 4. The number of pyridine rings is 1. The number of para-hydroxylation sites is 1. The lowest BCUT2D eigenvalue weighted by Gasteiger charge is -2.34. The maximum absolute atomic E-state index is 13.1. The van der Waals surface area contributed by atoms with Crippen molar-refractivity contribution in [1.82, 2.24) is 19.7 Å². The van der Waals surface area contributed by atoms with Crippen molar-refractivity contribution in [2.75, 3.05) is 11.9 Å².